The molecule has 0 N–H and O–H groups in total. The van der Waals surface area contributed by atoms with Gasteiger partial charge in [0.05, 0.1) is 5.54 Å². The van der Waals surface area contributed by atoms with Crippen LogP contribution >= 0.6 is 0 Å². The van der Waals surface area contributed by atoms with Crippen LogP contribution in [0.15, 0.2) is 27.2 Å². The normalized spacial score (nSPS) is 15.0. The third-order valence-corrected chi connectivity index (χ3v) is 7.49. The molecule has 0 spiro atoms. The second-order valence-electron chi connectivity index (χ2n) is 11.3. The molecule has 1 aliphatic carbocycles. The molecular formula is C29H16BF15N-. The van der Waals surface area contributed by atoms with Crippen LogP contribution in [0.2, 0.25) is 0 Å². The Morgan fingerprint density at radius 2 is 0.717 bits per heavy atom. The zero-order valence-electron chi connectivity index (χ0n) is 23.8. The monoisotopic (exact) mass is 674 g/mol. The maximum atomic E-state index is 15.7. The van der Waals surface area contributed by atoms with Crippen LogP contribution in [0.1, 0.15) is 34.6 Å². The van der Waals surface area contributed by atoms with Crippen molar-refractivity contribution in [2.45, 2.75) is 40.2 Å². The van der Waals surface area contributed by atoms with Crippen molar-refractivity contribution in [1.82, 2.24) is 0 Å². The van der Waals surface area contributed by atoms with Gasteiger partial charge in [0.1, 0.15) is 41.0 Å². The van der Waals surface area contributed by atoms with Crippen molar-refractivity contribution < 1.29 is 65.9 Å². The van der Waals surface area contributed by atoms with Gasteiger partial charge >= 0.3 is 0 Å². The lowest BCUT2D eigenvalue weighted by Crippen LogP contribution is -2.73. The average molecular weight is 674 g/mol. The lowest BCUT2D eigenvalue weighted by Gasteiger charge is -2.43. The molecule has 1 nitrogen and oxygen atoms in total. The Labute approximate surface area is 249 Å². The molecule has 4 rings (SSSR count). The first-order chi connectivity index (χ1) is 21.1. The van der Waals surface area contributed by atoms with E-state index in [9.17, 15) is 39.5 Å². The van der Waals surface area contributed by atoms with Crippen LogP contribution in [-0.4, -0.2) is 17.9 Å². The summed E-state index contributed by atoms with van der Waals surface area (Å²) in [5.41, 5.74) is -11.6. The molecule has 46 heavy (non-hydrogen) atoms. The maximum absolute atomic E-state index is 15.7. The second kappa shape index (κ2) is 11.3. The van der Waals surface area contributed by atoms with Gasteiger partial charge in [-0.15, -0.1) is 16.4 Å². The van der Waals surface area contributed by atoms with E-state index >= 15 is 26.3 Å². The number of aliphatic imine (C=N–C) groups is 1. The number of halogens is 15. The molecule has 0 saturated carbocycles. The fourth-order valence-corrected chi connectivity index (χ4v) is 5.58. The zero-order valence-corrected chi connectivity index (χ0v) is 23.8. The van der Waals surface area contributed by atoms with Crippen molar-refractivity contribution in [3.05, 3.63) is 109 Å². The molecule has 1 aliphatic rings. The van der Waals surface area contributed by atoms with Gasteiger partial charge in [0.2, 0.25) is 0 Å². The summed E-state index contributed by atoms with van der Waals surface area (Å²) in [6, 6.07) is 0. The molecule has 0 heterocycles. The number of nitrogens with zero attached hydrogens (tertiary/aromatic N) is 1. The number of benzene rings is 3. The predicted octanol–water partition coefficient (Wildman–Crippen LogP) is 7.30. The number of allylic oxidation sites excluding steroid dienone is 4. The largest absolute Gasteiger partial charge is 0.287 e. The summed E-state index contributed by atoms with van der Waals surface area (Å²) >= 11 is 0. The van der Waals surface area contributed by atoms with Crippen LogP contribution in [-0.2, 0) is 0 Å². The molecule has 0 fully saturated rings. The quantitative estimate of drug-likeness (QED) is 0.0887. The first-order valence-corrected chi connectivity index (χ1v) is 12.8. The molecule has 3 aromatic rings. The van der Waals surface area contributed by atoms with E-state index in [1.54, 1.807) is 0 Å². The van der Waals surface area contributed by atoms with Gasteiger partial charge < -0.3 is 0 Å². The Morgan fingerprint density at radius 3 is 0.957 bits per heavy atom. The molecule has 0 unspecified atom stereocenters. The van der Waals surface area contributed by atoms with Gasteiger partial charge in [-0.2, -0.15) is 5.47 Å². The highest BCUT2D eigenvalue weighted by molar-refractivity contribution is 7.17. The van der Waals surface area contributed by atoms with Crippen molar-refractivity contribution in [1.29, 1.82) is 0 Å². The van der Waals surface area contributed by atoms with Crippen LogP contribution in [0.3, 0.4) is 0 Å². The summed E-state index contributed by atoms with van der Waals surface area (Å²) in [6.45, 7) is 6.55. The van der Waals surface area contributed by atoms with Crippen molar-refractivity contribution in [2.75, 3.05) is 0 Å². The Hall–Kier alpha value is -4.18. The zero-order chi connectivity index (χ0) is 35.1. The van der Waals surface area contributed by atoms with Crippen LogP contribution < -0.4 is 16.4 Å². The van der Waals surface area contributed by atoms with Crippen molar-refractivity contribution >= 4 is 28.7 Å². The summed E-state index contributed by atoms with van der Waals surface area (Å²) < 4.78 is 225. The molecular weight excluding hydrogens is 658 g/mol. The summed E-state index contributed by atoms with van der Waals surface area (Å²) in [5, 5.41) is 0. The standard InChI is InChI=1S/C29H16BF15N/c1-7(6-46-29(3,4)5)9-8(2)10(9)30(11-14(31)20(37)26(43)21(38)15(11)32,12-16(33)22(39)27(44)23(40)17(12)34)13-18(35)24(41)28(45)25(42)19(13)36/h6H,1-5H3/q-1/b9-7+,46-6?. The fraction of sp³-hybridized carbons (Fsp3) is 0.207. The van der Waals surface area contributed by atoms with Gasteiger partial charge in [-0.1, -0.05) is 11.1 Å². The lowest BCUT2D eigenvalue weighted by atomic mass is 9.13. The van der Waals surface area contributed by atoms with E-state index < -0.39 is 132 Å². The van der Waals surface area contributed by atoms with Crippen LogP contribution in [0, 0.1) is 87.3 Å². The topological polar surface area (TPSA) is 12.4 Å². The predicted molar refractivity (Wildman–Crippen MR) is 137 cm³/mol. The number of hydrogen-bond acceptors (Lipinski definition) is 1. The molecule has 0 radical (unpaired) electrons. The van der Waals surface area contributed by atoms with Crippen molar-refractivity contribution in [2.24, 2.45) is 4.99 Å². The van der Waals surface area contributed by atoms with Crippen molar-refractivity contribution in [3.8, 4) is 0 Å². The highest BCUT2D eigenvalue weighted by Crippen LogP contribution is 2.48. The number of hydrogen-bond donors (Lipinski definition) is 0. The van der Waals surface area contributed by atoms with Gasteiger partial charge in [0.15, 0.2) is 52.4 Å². The molecule has 0 bridgehead atoms. The molecule has 3 aromatic carbocycles. The Balaban J connectivity index is 2.49. The van der Waals surface area contributed by atoms with Crippen molar-refractivity contribution in [3.63, 3.8) is 0 Å². The van der Waals surface area contributed by atoms with Crippen LogP contribution in [0.4, 0.5) is 65.9 Å². The van der Waals surface area contributed by atoms with Crippen LogP contribution in [0.5, 0.6) is 0 Å². The Morgan fingerprint density at radius 1 is 0.478 bits per heavy atom. The third kappa shape index (κ3) is 4.80. The second-order valence-corrected chi connectivity index (χ2v) is 11.3. The van der Waals surface area contributed by atoms with E-state index in [-0.39, 0.29) is 5.57 Å². The van der Waals surface area contributed by atoms with Gasteiger partial charge in [-0.3, -0.25) is 4.99 Å². The van der Waals surface area contributed by atoms with E-state index in [2.05, 4.69) is 4.99 Å². The molecule has 0 aliphatic heterocycles. The third-order valence-electron chi connectivity index (χ3n) is 7.49. The van der Waals surface area contributed by atoms with E-state index in [0.717, 1.165) is 20.1 Å². The van der Waals surface area contributed by atoms with E-state index in [0.29, 0.717) is 0 Å². The van der Waals surface area contributed by atoms with E-state index in [1.165, 1.54) is 20.8 Å². The SMILES string of the molecule is CC1=C([B-](c2c(F)c(F)c(F)c(F)c2F)(c2c(F)c(F)c(F)c(F)c2F)c2c(F)c(F)c(F)c(F)c2F)C/1=C(\C)C=NC(C)(C)C. The molecule has 17 heteroatoms. The smallest absolute Gasteiger partial charge is 0.200 e. The highest BCUT2D eigenvalue weighted by Gasteiger charge is 2.54. The summed E-state index contributed by atoms with van der Waals surface area (Å²) in [6.07, 6.45) is -4.81. The minimum absolute atomic E-state index is 0.245. The van der Waals surface area contributed by atoms with E-state index in [1.807, 2.05) is 0 Å². The minimum atomic E-state index is -5.77. The van der Waals surface area contributed by atoms with Gasteiger partial charge in [0.25, 0.3) is 0 Å². The summed E-state index contributed by atoms with van der Waals surface area (Å²) in [7, 11) is 0. The first kappa shape index (κ1) is 34.7. The number of rotatable bonds is 5. The molecule has 0 amide bonds. The Bertz CT molecular complexity index is 1700. The minimum Gasteiger partial charge on any atom is -0.287 e. The van der Waals surface area contributed by atoms with Crippen LogP contribution in [0.25, 0.3) is 0 Å². The average Bonchev–Trinajstić information content (AvgIpc) is 3.67. The Kier molecular flexibility index (Phi) is 8.49. The molecule has 246 valence electrons. The fourth-order valence-electron chi connectivity index (χ4n) is 5.58. The maximum Gasteiger partial charge on any atom is 0.200 e. The summed E-state index contributed by atoms with van der Waals surface area (Å²) in [5.74, 6) is -45.4. The van der Waals surface area contributed by atoms with E-state index in [4.69, 9.17) is 0 Å². The molecule has 0 atom stereocenters. The summed E-state index contributed by atoms with van der Waals surface area (Å²) in [4.78, 5) is 4.06. The lowest BCUT2D eigenvalue weighted by molar-refractivity contribution is 0.379. The van der Waals surface area contributed by atoms with Gasteiger partial charge in [-0.25, -0.2) is 65.9 Å². The molecule has 0 aromatic heterocycles. The molecule has 0 saturated heterocycles. The van der Waals surface area contributed by atoms with Gasteiger partial charge in [0, 0.05) is 6.21 Å². The van der Waals surface area contributed by atoms with Gasteiger partial charge in [-0.05, 0) is 40.2 Å². The highest BCUT2D eigenvalue weighted by atomic mass is 19.2. The first-order valence-electron chi connectivity index (χ1n) is 12.8.